The molecular formula is C18H14BNO2. The van der Waals surface area contributed by atoms with Crippen LogP contribution in [0.3, 0.4) is 0 Å². The summed E-state index contributed by atoms with van der Waals surface area (Å²) >= 11 is 0. The van der Waals surface area contributed by atoms with Crippen molar-refractivity contribution in [2.75, 3.05) is 0 Å². The van der Waals surface area contributed by atoms with Crippen molar-refractivity contribution in [2.24, 2.45) is 0 Å². The van der Waals surface area contributed by atoms with E-state index in [1.54, 1.807) is 12.1 Å². The van der Waals surface area contributed by atoms with E-state index in [9.17, 15) is 10.0 Å². The summed E-state index contributed by atoms with van der Waals surface area (Å²) in [4.78, 5) is 0. The molecule has 0 unspecified atom stereocenters. The zero-order valence-electron chi connectivity index (χ0n) is 19.2. The van der Waals surface area contributed by atoms with Crippen LogP contribution >= 0.6 is 0 Å². The highest BCUT2D eigenvalue weighted by Crippen LogP contribution is 2.31. The van der Waals surface area contributed by atoms with Gasteiger partial charge < -0.3 is 14.6 Å². The van der Waals surface area contributed by atoms with Gasteiger partial charge in [-0.2, -0.15) is 0 Å². The molecule has 0 atom stereocenters. The van der Waals surface area contributed by atoms with E-state index in [0.717, 1.165) is 0 Å². The van der Waals surface area contributed by atoms with E-state index >= 15 is 0 Å². The van der Waals surface area contributed by atoms with Gasteiger partial charge in [0.2, 0.25) is 0 Å². The zero-order valence-corrected chi connectivity index (χ0v) is 11.2. The summed E-state index contributed by atoms with van der Waals surface area (Å²) in [5.41, 5.74) is -0.00844. The molecule has 22 heavy (non-hydrogen) atoms. The zero-order chi connectivity index (χ0) is 22.1. The lowest BCUT2D eigenvalue weighted by Gasteiger charge is -2.12. The monoisotopic (exact) mass is 295 g/mol. The fourth-order valence-corrected chi connectivity index (χ4v) is 2.57. The average Bonchev–Trinajstić information content (AvgIpc) is 3.09. The number of para-hydroxylation sites is 3. The van der Waals surface area contributed by atoms with Crippen molar-refractivity contribution >= 4 is 34.4 Å². The Morgan fingerprint density at radius 2 is 1.36 bits per heavy atom. The Balaban J connectivity index is 2.44. The molecule has 0 bridgehead atoms. The van der Waals surface area contributed by atoms with Gasteiger partial charge in [-0.05, 0) is 18.2 Å². The number of aromatic nitrogens is 1. The quantitative estimate of drug-likeness (QED) is 0.558. The molecule has 0 amide bonds. The van der Waals surface area contributed by atoms with Gasteiger partial charge in [0.05, 0.1) is 22.0 Å². The summed E-state index contributed by atoms with van der Waals surface area (Å²) in [6, 6.07) is 2.12. The maximum atomic E-state index is 9.83. The van der Waals surface area contributed by atoms with Crippen molar-refractivity contribution < 1.29 is 21.0 Å². The molecule has 3 aromatic carbocycles. The lowest BCUT2D eigenvalue weighted by molar-refractivity contribution is 0.425. The molecule has 0 saturated carbocycles. The summed E-state index contributed by atoms with van der Waals surface area (Å²) in [5.74, 6) is 0. The molecule has 0 aliphatic carbocycles. The first-order valence-corrected chi connectivity index (χ1v) is 6.55. The molecule has 106 valence electrons. The predicted molar refractivity (Wildman–Crippen MR) is 90.6 cm³/mol. The fourth-order valence-electron chi connectivity index (χ4n) is 2.57. The lowest BCUT2D eigenvalue weighted by atomic mass is 9.79. The summed E-state index contributed by atoms with van der Waals surface area (Å²) in [6.07, 6.45) is 0. The molecule has 0 aliphatic rings. The lowest BCUT2D eigenvalue weighted by Crippen LogP contribution is -2.33. The van der Waals surface area contributed by atoms with E-state index in [4.69, 9.17) is 11.0 Å². The molecule has 1 heterocycles. The largest absolute Gasteiger partial charge is 0.490 e. The molecule has 0 fully saturated rings. The third-order valence-corrected chi connectivity index (χ3v) is 3.49. The molecule has 1 aromatic heterocycles. The second kappa shape index (κ2) is 5.02. The Morgan fingerprint density at radius 1 is 0.818 bits per heavy atom. The average molecular weight is 295 g/mol. The van der Waals surface area contributed by atoms with Crippen LogP contribution in [0.5, 0.6) is 0 Å². The van der Waals surface area contributed by atoms with Crippen LogP contribution < -0.4 is 5.46 Å². The van der Waals surface area contributed by atoms with E-state index in [2.05, 4.69) is 0 Å². The van der Waals surface area contributed by atoms with Crippen molar-refractivity contribution in [1.82, 2.24) is 4.57 Å². The minimum atomic E-state index is -1.92. The van der Waals surface area contributed by atoms with Crippen molar-refractivity contribution in [3.8, 4) is 5.69 Å². The maximum Gasteiger partial charge on any atom is 0.490 e. The van der Waals surface area contributed by atoms with Gasteiger partial charge in [0.1, 0.15) is 0 Å². The van der Waals surface area contributed by atoms with Gasteiger partial charge in [0, 0.05) is 21.9 Å². The second-order valence-corrected chi connectivity index (χ2v) is 4.72. The van der Waals surface area contributed by atoms with Crippen molar-refractivity contribution in [1.29, 1.82) is 0 Å². The molecule has 3 nitrogen and oxygen atoms in total. The van der Waals surface area contributed by atoms with Gasteiger partial charge in [-0.3, -0.25) is 0 Å². The van der Waals surface area contributed by atoms with Gasteiger partial charge in [-0.25, -0.2) is 0 Å². The van der Waals surface area contributed by atoms with Gasteiger partial charge >= 0.3 is 7.12 Å². The highest BCUT2D eigenvalue weighted by molar-refractivity contribution is 6.60. The number of hydrogen-bond acceptors (Lipinski definition) is 2. The molecule has 0 saturated heterocycles. The predicted octanol–water partition coefficient (Wildman–Crippen LogP) is 2.46. The van der Waals surface area contributed by atoms with Crippen LogP contribution in [-0.4, -0.2) is 21.7 Å². The molecular weight excluding hydrogens is 273 g/mol. The molecule has 0 radical (unpaired) electrons. The summed E-state index contributed by atoms with van der Waals surface area (Å²) in [6.45, 7) is 0. The Kier molecular flexibility index (Phi) is 1.63. The van der Waals surface area contributed by atoms with Crippen LogP contribution in [0.25, 0.3) is 27.5 Å². The minimum absolute atomic E-state index is 0.0103. The van der Waals surface area contributed by atoms with E-state index in [-0.39, 0.29) is 33.0 Å². The normalized spacial score (nSPS) is 16.3. The van der Waals surface area contributed by atoms with E-state index in [0.29, 0.717) is 0 Å². The number of hydrogen-bond donors (Lipinski definition) is 2. The van der Waals surface area contributed by atoms with E-state index in [1.165, 1.54) is 16.7 Å². The maximum absolute atomic E-state index is 9.83. The van der Waals surface area contributed by atoms with Gasteiger partial charge in [0.15, 0.2) is 0 Å². The highest BCUT2D eigenvalue weighted by Gasteiger charge is 2.19. The molecule has 4 heteroatoms. The van der Waals surface area contributed by atoms with E-state index < -0.39 is 55.5 Å². The summed E-state index contributed by atoms with van der Waals surface area (Å²) < 4.78 is 66.9. The van der Waals surface area contributed by atoms with Gasteiger partial charge in [-0.15, -0.1) is 0 Å². The van der Waals surface area contributed by atoms with Gasteiger partial charge in [0.25, 0.3) is 0 Å². The molecule has 0 spiro atoms. The van der Waals surface area contributed by atoms with Crippen molar-refractivity contribution in [3.05, 3.63) is 72.6 Å². The smallest absolute Gasteiger partial charge is 0.423 e. The topological polar surface area (TPSA) is 45.4 Å². The third-order valence-electron chi connectivity index (χ3n) is 3.49. The number of benzene rings is 3. The summed E-state index contributed by atoms with van der Waals surface area (Å²) in [7, 11) is -1.92. The molecule has 4 aromatic rings. The Morgan fingerprint density at radius 3 is 1.95 bits per heavy atom. The molecule has 4 rings (SSSR count). The van der Waals surface area contributed by atoms with Crippen molar-refractivity contribution in [3.63, 3.8) is 0 Å². The van der Waals surface area contributed by atoms with Gasteiger partial charge in [-0.1, -0.05) is 54.5 Å². The molecule has 0 aliphatic heterocycles. The minimum Gasteiger partial charge on any atom is -0.423 e. The first kappa shape index (κ1) is 7.14. The van der Waals surface area contributed by atoms with Crippen molar-refractivity contribution in [2.45, 2.75) is 0 Å². The third kappa shape index (κ3) is 1.85. The van der Waals surface area contributed by atoms with Crippen LogP contribution in [0.4, 0.5) is 0 Å². The summed E-state index contributed by atoms with van der Waals surface area (Å²) in [5, 5.41) is 19.5. The second-order valence-electron chi connectivity index (χ2n) is 4.72. The Labute approximate surface area is 139 Å². The number of fused-ring (bicyclic) bond motifs is 3. The standard InChI is InChI=1S/C18H14BNO2/c21-19(22)15-9-3-6-12-18(15)20-16-10-4-1-7-13(16)14-8-2-5-11-17(14)20/h1-12,21-22H/i1D,2D,4D,5D,7D,8D,10D,11D. The van der Waals surface area contributed by atoms with Crippen LogP contribution in [0, 0.1) is 0 Å². The van der Waals surface area contributed by atoms with Crippen LogP contribution in [0.2, 0.25) is 0 Å². The fraction of sp³-hybridized carbons (Fsp3) is 0. The van der Waals surface area contributed by atoms with Crippen LogP contribution in [-0.2, 0) is 0 Å². The van der Waals surface area contributed by atoms with Crippen LogP contribution in [0.1, 0.15) is 11.0 Å². The SMILES string of the molecule is [2H]c1c([2H])c([2H])c2c(c1[2H])c1c([2H])c([2H])c([2H])c([2H])c1n2-c1ccccc1B(O)O. The first-order chi connectivity index (χ1) is 14.1. The Bertz CT molecular complexity index is 1290. The van der Waals surface area contributed by atoms with E-state index in [1.807, 2.05) is 0 Å². The Hall–Kier alpha value is -2.56. The highest BCUT2D eigenvalue weighted by atomic mass is 16.4. The molecule has 2 N–H and O–H groups in total. The number of rotatable bonds is 2. The first-order valence-electron chi connectivity index (χ1n) is 10.6. The van der Waals surface area contributed by atoms with Crippen LogP contribution in [0.15, 0.2) is 72.6 Å². The number of nitrogens with zero attached hydrogens (tertiary/aromatic N) is 1.